The average molecular weight is 237 g/mol. The molecule has 0 saturated heterocycles. The molecule has 0 aromatic carbocycles. The van der Waals surface area contributed by atoms with Crippen LogP contribution in [0.15, 0.2) is 0 Å². The Labute approximate surface area is 99.3 Å². The van der Waals surface area contributed by atoms with Crippen LogP contribution in [0.5, 0.6) is 0 Å². The van der Waals surface area contributed by atoms with Crippen molar-refractivity contribution in [3.63, 3.8) is 0 Å². The highest BCUT2D eigenvalue weighted by atomic mass is 35.5. The van der Waals surface area contributed by atoms with Gasteiger partial charge in [-0.05, 0) is 31.6 Å². The topological polar surface area (TPSA) is 18.5 Å². The summed E-state index contributed by atoms with van der Waals surface area (Å²) in [6.07, 6.45) is 3.32. The van der Waals surface area contributed by atoms with Crippen molar-refractivity contribution in [3.8, 4) is 0 Å². The number of alkyl halides is 1. The molecule has 1 atom stereocenters. The Hall–Kier alpha value is 0.210. The van der Waals surface area contributed by atoms with E-state index in [1.54, 1.807) is 7.11 Å². The Bertz CT molecular complexity index is 147. The molecule has 0 N–H and O–H groups in total. The van der Waals surface area contributed by atoms with Crippen molar-refractivity contribution in [1.29, 1.82) is 0 Å². The lowest BCUT2D eigenvalue weighted by Gasteiger charge is -2.25. The maximum atomic E-state index is 6.00. The van der Waals surface area contributed by atoms with Crippen LogP contribution in [0.3, 0.4) is 0 Å². The van der Waals surface area contributed by atoms with Gasteiger partial charge in [0.05, 0.1) is 13.2 Å². The van der Waals surface area contributed by atoms with Gasteiger partial charge in [0.1, 0.15) is 0 Å². The van der Waals surface area contributed by atoms with Crippen LogP contribution in [0.4, 0.5) is 0 Å². The van der Waals surface area contributed by atoms with Gasteiger partial charge in [-0.1, -0.05) is 13.8 Å². The summed E-state index contributed by atoms with van der Waals surface area (Å²) in [6.45, 7) is 8.79. The number of halogens is 1. The first-order valence-electron chi connectivity index (χ1n) is 5.69. The molecule has 0 rings (SSSR count). The standard InChI is InChI=1S/C12H25ClO2/c1-11(13)10-12(2,3)6-5-7-15-9-8-14-4/h11H,5-10H2,1-4H3. The number of hydrogen-bond acceptors (Lipinski definition) is 2. The van der Waals surface area contributed by atoms with E-state index in [0.29, 0.717) is 18.6 Å². The molecule has 0 bridgehead atoms. The highest BCUT2D eigenvalue weighted by Gasteiger charge is 2.19. The van der Waals surface area contributed by atoms with Gasteiger partial charge in [-0.15, -0.1) is 11.6 Å². The molecule has 0 saturated carbocycles. The second-order valence-electron chi connectivity index (χ2n) is 4.86. The predicted octanol–water partition coefficient (Wildman–Crippen LogP) is 3.47. The summed E-state index contributed by atoms with van der Waals surface area (Å²) >= 11 is 6.00. The Balaban J connectivity index is 3.40. The van der Waals surface area contributed by atoms with E-state index in [4.69, 9.17) is 21.1 Å². The van der Waals surface area contributed by atoms with E-state index in [2.05, 4.69) is 20.8 Å². The second kappa shape index (κ2) is 8.37. The molecule has 92 valence electrons. The molecule has 0 aromatic heterocycles. The summed E-state index contributed by atoms with van der Waals surface area (Å²) < 4.78 is 10.3. The normalized spacial score (nSPS) is 14.2. The fourth-order valence-corrected chi connectivity index (χ4v) is 2.18. The summed E-state index contributed by atoms with van der Waals surface area (Å²) in [5.74, 6) is 0. The Morgan fingerprint density at radius 3 is 2.40 bits per heavy atom. The summed E-state index contributed by atoms with van der Waals surface area (Å²) in [7, 11) is 1.69. The van der Waals surface area contributed by atoms with E-state index in [-0.39, 0.29) is 5.38 Å². The van der Waals surface area contributed by atoms with Gasteiger partial charge in [-0.25, -0.2) is 0 Å². The van der Waals surface area contributed by atoms with Gasteiger partial charge in [0.15, 0.2) is 0 Å². The third kappa shape index (κ3) is 10.5. The highest BCUT2D eigenvalue weighted by Crippen LogP contribution is 2.29. The zero-order chi connectivity index (χ0) is 11.7. The molecule has 0 fully saturated rings. The first kappa shape index (κ1) is 15.2. The van der Waals surface area contributed by atoms with Crippen molar-refractivity contribution in [3.05, 3.63) is 0 Å². The summed E-state index contributed by atoms with van der Waals surface area (Å²) in [5.41, 5.74) is 0.325. The van der Waals surface area contributed by atoms with Crippen LogP contribution in [0.2, 0.25) is 0 Å². The number of rotatable bonds is 9. The molecular weight excluding hydrogens is 212 g/mol. The predicted molar refractivity (Wildman–Crippen MR) is 65.6 cm³/mol. The van der Waals surface area contributed by atoms with Crippen molar-refractivity contribution in [2.75, 3.05) is 26.9 Å². The lowest BCUT2D eigenvalue weighted by molar-refractivity contribution is 0.0645. The average Bonchev–Trinajstić information content (AvgIpc) is 2.08. The molecule has 0 aliphatic carbocycles. The van der Waals surface area contributed by atoms with Gasteiger partial charge in [0.25, 0.3) is 0 Å². The van der Waals surface area contributed by atoms with Gasteiger partial charge < -0.3 is 9.47 Å². The summed E-state index contributed by atoms with van der Waals surface area (Å²) in [5, 5.41) is 0.259. The lowest BCUT2D eigenvalue weighted by atomic mass is 9.83. The van der Waals surface area contributed by atoms with Crippen molar-refractivity contribution < 1.29 is 9.47 Å². The van der Waals surface area contributed by atoms with E-state index < -0.39 is 0 Å². The number of ether oxygens (including phenoxy) is 2. The number of methoxy groups -OCH3 is 1. The van der Waals surface area contributed by atoms with Gasteiger partial charge in [0, 0.05) is 19.1 Å². The lowest BCUT2D eigenvalue weighted by Crippen LogP contribution is -2.16. The van der Waals surface area contributed by atoms with E-state index in [1.165, 1.54) is 0 Å². The molecule has 0 aliphatic rings. The molecule has 3 heteroatoms. The Morgan fingerprint density at radius 2 is 1.87 bits per heavy atom. The molecular formula is C12H25ClO2. The molecule has 0 aliphatic heterocycles. The van der Waals surface area contributed by atoms with Gasteiger partial charge in [-0.2, -0.15) is 0 Å². The van der Waals surface area contributed by atoms with Crippen molar-refractivity contribution in [1.82, 2.24) is 0 Å². The smallest absolute Gasteiger partial charge is 0.0700 e. The van der Waals surface area contributed by atoms with Crippen LogP contribution in [0, 0.1) is 5.41 Å². The van der Waals surface area contributed by atoms with Crippen LogP contribution < -0.4 is 0 Å². The van der Waals surface area contributed by atoms with Crippen molar-refractivity contribution in [2.45, 2.75) is 45.4 Å². The molecule has 15 heavy (non-hydrogen) atoms. The quantitative estimate of drug-likeness (QED) is 0.451. The maximum Gasteiger partial charge on any atom is 0.0700 e. The zero-order valence-corrected chi connectivity index (χ0v) is 11.3. The molecule has 1 unspecified atom stereocenters. The minimum atomic E-state index is 0.259. The van der Waals surface area contributed by atoms with E-state index >= 15 is 0 Å². The Morgan fingerprint density at radius 1 is 1.20 bits per heavy atom. The van der Waals surface area contributed by atoms with Gasteiger partial charge in [-0.3, -0.25) is 0 Å². The molecule has 0 spiro atoms. The highest BCUT2D eigenvalue weighted by molar-refractivity contribution is 6.20. The van der Waals surface area contributed by atoms with Gasteiger partial charge in [0.2, 0.25) is 0 Å². The van der Waals surface area contributed by atoms with Crippen LogP contribution >= 0.6 is 11.6 Å². The Kier molecular flexibility index (Phi) is 8.49. The largest absolute Gasteiger partial charge is 0.382 e. The van der Waals surface area contributed by atoms with Crippen LogP contribution in [0.1, 0.15) is 40.0 Å². The fraction of sp³-hybridized carbons (Fsp3) is 1.00. The minimum absolute atomic E-state index is 0.259. The van der Waals surface area contributed by atoms with Crippen molar-refractivity contribution >= 4 is 11.6 Å². The third-order valence-electron chi connectivity index (χ3n) is 2.41. The van der Waals surface area contributed by atoms with E-state index in [0.717, 1.165) is 25.9 Å². The molecule has 2 nitrogen and oxygen atoms in total. The first-order valence-corrected chi connectivity index (χ1v) is 6.12. The van der Waals surface area contributed by atoms with Crippen LogP contribution in [-0.4, -0.2) is 32.3 Å². The molecule has 0 amide bonds. The number of hydrogen-bond donors (Lipinski definition) is 0. The van der Waals surface area contributed by atoms with Gasteiger partial charge >= 0.3 is 0 Å². The maximum absolute atomic E-state index is 6.00. The summed E-state index contributed by atoms with van der Waals surface area (Å²) in [6, 6.07) is 0. The first-order chi connectivity index (χ1) is 6.98. The molecule has 0 heterocycles. The zero-order valence-electron chi connectivity index (χ0n) is 10.5. The fourth-order valence-electron chi connectivity index (χ4n) is 1.76. The van der Waals surface area contributed by atoms with E-state index in [1.807, 2.05) is 0 Å². The SMILES string of the molecule is COCCOCCCC(C)(C)CC(C)Cl. The second-order valence-corrected chi connectivity index (χ2v) is 5.60. The van der Waals surface area contributed by atoms with E-state index in [9.17, 15) is 0 Å². The summed E-state index contributed by atoms with van der Waals surface area (Å²) in [4.78, 5) is 0. The van der Waals surface area contributed by atoms with Crippen LogP contribution in [0.25, 0.3) is 0 Å². The third-order valence-corrected chi connectivity index (χ3v) is 2.56. The minimum Gasteiger partial charge on any atom is -0.382 e. The van der Waals surface area contributed by atoms with Crippen molar-refractivity contribution in [2.24, 2.45) is 5.41 Å². The monoisotopic (exact) mass is 236 g/mol. The molecule has 0 radical (unpaired) electrons. The molecule has 0 aromatic rings. The van der Waals surface area contributed by atoms with Crippen LogP contribution in [-0.2, 0) is 9.47 Å².